The first kappa shape index (κ1) is 21.6. The van der Waals surface area contributed by atoms with Gasteiger partial charge in [0, 0.05) is 33.2 Å². The van der Waals surface area contributed by atoms with E-state index < -0.39 is 10.0 Å². The number of furan rings is 1. The molecule has 2 aliphatic rings. The van der Waals surface area contributed by atoms with Crippen molar-refractivity contribution in [2.24, 2.45) is 0 Å². The molecule has 0 N–H and O–H groups in total. The first-order valence-corrected chi connectivity index (χ1v) is 12.0. The van der Waals surface area contributed by atoms with Gasteiger partial charge in [-0.2, -0.15) is 4.31 Å². The first-order chi connectivity index (χ1) is 14.9. The van der Waals surface area contributed by atoms with Crippen molar-refractivity contribution >= 4 is 21.8 Å². The lowest BCUT2D eigenvalue weighted by Gasteiger charge is -2.34. The maximum absolute atomic E-state index is 13.1. The van der Waals surface area contributed by atoms with Crippen molar-refractivity contribution in [2.75, 3.05) is 39.8 Å². The number of fused-ring (bicyclic) bond motifs is 1. The second-order valence-electron chi connectivity index (χ2n) is 8.06. The minimum Gasteiger partial charge on any atom is -0.459 e. The fraction of sp³-hybridized carbons (Fsp3) is 0.455. The molecule has 2 amide bonds. The molecule has 8 nitrogen and oxygen atoms in total. The summed E-state index contributed by atoms with van der Waals surface area (Å²) in [6.07, 6.45) is 5.58. The lowest BCUT2D eigenvalue weighted by molar-refractivity contribution is -0.132. The highest BCUT2D eigenvalue weighted by molar-refractivity contribution is 7.89. The highest BCUT2D eigenvalue weighted by atomic mass is 32.2. The van der Waals surface area contributed by atoms with Crippen molar-refractivity contribution in [3.8, 4) is 0 Å². The molecular formula is C22H27N3O5S. The Morgan fingerprint density at radius 3 is 2.42 bits per heavy atom. The van der Waals surface area contributed by atoms with Crippen LogP contribution in [-0.2, 0) is 27.7 Å². The van der Waals surface area contributed by atoms with Crippen LogP contribution in [0.5, 0.6) is 0 Å². The third-order valence-electron chi connectivity index (χ3n) is 6.00. The SMILES string of the molecule is CN(CC(=O)N1CCN(S(=O)(=O)c2ccc3c(c2)CCCC3)CC1)C(=O)c1ccco1. The number of hydrogen-bond donors (Lipinski definition) is 0. The highest BCUT2D eigenvalue weighted by Crippen LogP contribution is 2.26. The molecule has 0 spiro atoms. The van der Waals surface area contributed by atoms with Crippen LogP contribution in [0, 0.1) is 0 Å². The summed E-state index contributed by atoms with van der Waals surface area (Å²) >= 11 is 0. The molecule has 1 fully saturated rings. The topological polar surface area (TPSA) is 91.1 Å². The Hall–Kier alpha value is -2.65. The van der Waals surface area contributed by atoms with Crippen LogP contribution in [0.15, 0.2) is 45.9 Å². The first-order valence-electron chi connectivity index (χ1n) is 10.5. The number of likely N-dealkylation sites (N-methyl/N-ethyl adjacent to an activating group) is 1. The van der Waals surface area contributed by atoms with Crippen molar-refractivity contribution < 1.29 is 22.4 Å². The van der Waals surface area contributed by atoms with Crippen LogP contribution in [0.3, 0.4) is 0 Å². The van der Waals surface area contributed by atoms with Gasteiger partial charge in [0.2, 0.25) is 15.9 Å². The summed E-state index contributed by atoms with van der Waals surface area (Å²) in [6, 6.07) is 8.62. The maximum atomic E-state index is 13.1. The van der Waals surface area contributed by atoms with E-state index in [1.54, 1.807) is 30.1 Å². The monoisotopic (exact) mass is 445 g/mol. The minimum atomic E-state index is -3.59. The number of carbonyl (C=O) groups is 2. The molecule has 1 aromatic heterocycles. The summed E-state index contributed by atoms with van der Waals surface area (Å²) in [5.41, 5.74) is 2.37. The van der Waals surface area contributed by atoms with Gasteiger partial charge in [-0.1, -0.05) is 6.07 Å². The number of rotatable bonds is 5. The third kappa shape index (κ3) is 4.52. The van der Waals surface area contributed by atoms with E-state index in [1.807, 2.05) is 12.1 Å². The van der Waals surface area contributed by atoms with Gasteiger partial charge >= 0.3 is 0 Å². The van der Waals surface area contributed by atoms with Crippen LogP contribution in [0.1, 0.15) is 34.5 Å². The van der Waals surface area contributed by atoms with Crippen molar-refractivity contribution in [3.63, 3.8) is 0 Å². The van der Waals surface area contributed by atoms with E-state index >= 15 is 0 Å². The summed E-state index contributed by atoms with van der Waals surface area (Å²) in [5, 5.41) is 0. The minimum absolute atomic E-state index is 0.0862. The van der Waals surface area contributed by atoms with Crippen molar-refractivity contribution in [3.05, 3.63) is 53.5 Å². The Labute approximate surface area is 182 Å². The summed E-state index contributed by atoms with van der Waals surface area (Å²) in [7, 11) is -2.05. The number of benzene rings is 1. The van der Waals surface area contributed by atoms with Crippen LogP contribution in [0.2, 0.25) is 0 Å². The number of hydrogen-bond acceptors (Lipinski definition) is 5. The second kappa shape index (κ2) is 8.84. The molecule has 1 aliphatic carbocycles. The van der Waals surface area contributed by atoms with Gasteiger partial charge in [-0.3, -0.25) is 9.59 Å². The van der Waals surface area contributed by atoms with Gasteiger partial charge in [0.05, 0.1) is 17.7 Å². The number of nitrogens with zero attached hydrogens (tertiary/aromatic N) is 3. The van der Waals surface area contributed by atoms with Gasteiger partial charge in [-0.05, 0) is 61.1 Å². The lowest BCUT2D eigenvalue weighted by Crippen LogP contribution is -2.52. The van der Waals surface area contributed by atoms with Gasteiger partial charge in [-0.15, -0.1) is 0 Å². The van der Waals surface area contributed by atoms with Gasteiger partial charge in [-0.25, -0.2) is 8.42 Å². The normalized spacial score (nSPS) is 17.3. The molecule has 4 rings (SSSR count). The zero-order valence-electron chi connectivity index (χ0n) is 17.6. The largest absolute Gasteiger partial charge is 0.459 e. The van der Waals surface area contributed by atoms with E-state index in [1.165, 1.54) is 21.0 Å². The Bertz CT molecular complexity index is 1060. The molecule has 166 valence electrons. The van der Waals surface area contributed by atoms with Crippen LogP contribution in [-0.4, -0.2) is 74.1 Å². The summed E-state index contributed by atoms with van der Waals surface area (Å²) < 4.78 is 32.7. The molecule has 0 atom stereocenters. The van der Waals surface area contributed by atoms with Crippen molar-refractivity contribution in [2.45, 2.75) is 30.6 Å². The number of piperazine rings is 1. The lowest BCUT2D eigenvalue weighted by atomic mass is 9.92. The summed E-state index contributed by atoms with van der Waals surface area (Å²) in [4.78, 5) is 28.1. The standard InChI is InChI=1S/C22H27N3O5S/c1-23(22(27)20-7-4-14-30-20)16-21(26)24-10-12-25(13-11-24)31(28,29)19-9-8-17-5-2-3-6-18(17)15-19/h4,7-9,14-15H,2-3,5-6,10-13,16H2,1H3. The molecule has 1 aromatic carbocycles. The Balaban J connectivity index is 1.35. The molecule has 0 saturated carbocycles. The Kier molecular flexibility index (Phi) is 6.15. The average molecular weight is 446 g/mol. The van der Waals surface area contributed by atoms with Crippen LogP contribution < -0.4 is 0 Å². The van der Waals surface area contributed by atoms with Crippen molar-refractivity contribution in [1.29, 1.82) is 0 Å². The summed E-state index contributed by atoms with van der Waals surface area (Å²) in [6.45, 7) is 0.983. The molecule has 1 saturated heterocycles. The Morgan fingerprint density at radius 2 is 1.74 bits per heavy atom. The average Bonchev–Trinajstić information content (AvgIpc) is 3.33. The van der Waals surface area contributed by atoms with Gasteiger partial charge in [0.1, 0.15) is 0 Å². The predicted molar refractivity (Wildman–Crippen MR) is 114 cm³/mol. The molecule has 31 heavy (non-hydrogen) atoms. The smallest absolute Gasteiger partial charge is 0.289 e. The second-order valence-corrected chi connectivity index (χ2v) is 10.00. The van der Waals surface area contributed by atoms with E-state index in [-0.39, 0.29) is 37.2 Å². The molecule has 2 aromatic rings. The molecule has 0 radical (unpaired) electrons. The van der Waals surface area contributed by atoms with Crippen LogP contribution >= 0.6 is 0 Å². The Morgan fingerprint density at radius 1 is 1.03 bits per heavy atom. The zero-order valence-corrected chi connectivity index (χ0v) is 18.4. The van der Waals surface area contributed by atoms with E-state index in [0.29, 0.717) is 18.0 Å². The van der Waals surface area contributed by atoms with Gasteiger partial charge in [0.25, 0.3) is 5.91 Å². The van der Waals surface area contributed by atoms with Crippen LogP contribution in [0.4, 0.5) is 0 Å². The predicted octanol–water partition coefficient (Wildman–Crippen LogP) is 1.76. The van der Waals surface area contributed by atoms with Gasteiger partial charge in [0.15, 0.2) is 5.76 Å². The van der Waals surface area contributed by atoms with E-state index in [9.17, 15) is 18.0 Å². The van der Waals surface area contributed by atoms with Crippen molar-refractivity contribution in [1.82, 2.24) is 14.1 Å². The van der Waals surface area contributed by atoms with E-state index in [4.69, 9.17) is 4.42 Å². The molecule has 9 heteroatoms. The van der Waals surface area contributed by atoms with Gasteiger partial charge < -0.3 is 14.2 Å². The maximum Gasteiger partial charge on any atom is 0.289 e. The number of amides is 2. The number of aryl methyl sites for hydroxylation is 2. The molecule has 0 bridgehead atoms. The number of carbonyl (C=O) groups excluding carboxylic acids is 2. The molecular weight excluding hydrogens is 418 g/mol. The molecule has 0 unspecified atom stereocenters. The fourth-order valence-electron chi connectivity index (χ4n) is 4.16. The highest BCUT2D eigenvalue weighted by Gasteiger charge is 2.31. The fourth-order valence-corrected chi connectivity index (χ4v) is 5.63. The third-order valence-corrected chi connectivity index (χ3v) is 7.89. The number of sulfonamides is 1. The summed E-state index contributed by atoms with van der Waals surface area (Å²) in [5.74, 6) is -0.406. The van der Waals surface area contributed by atoms with E-state index in [2.05, 4.69) is 0 Å². The zero-order chi connectivity index (χ0) is 22.0. The molecule has 1 aliphatic heterocycles. The quantitative estimate of drug-likeness (QED) is 0.700. The van der Waals surface area contributed by atoms with E-state index in [0.717, 1.165) is 31.2 Å². The van der Waals surface area contributed by atoms with Crippen LogP contribution in [0.25, 0.3) is 0 Å². The molecule has 2 heterocycles.